The third-order valence-corrected chi connectivity index (χ3v) is 2.49. The molecule has 0 aromatic heterocycles. The summed E-state index contributed by atoms with van der Waals surface area (Å²) in [6.45, 7) is 4.04. The first-order valence-corrected chi connectivity index (χ1v) is 5.74. The number of methoxy groups -OCH3 is 1. The monoisotopic (exact) mass is 234 g/mol. The van der Waals surface area contributed by atoms with Crippen LogP contribution < -0.4 is 9.47 Å². The van der Waals surface area contributed by atoms with Gasteiger partial charge in [0.05, 0.1) is 7.11 Å². The average molecular weight is 234 g/mol. The Morgan fingerprint density at radius 2 is 1.88 bits per heavy atom. The largest absolute Gasteiger partial charge is 0.497 e. The Kier molecular flexibility index (Phi) is 5.27. The molecule has 0 bridgehead atoms. The molecule has 0 N–H and O–H groups in total. The van der Waals surface area contributed by atoms with Crippen LogP contribution in [0.25, 0.3) is 0 Å². The van der Waals surface area contributed by atoms with Gasteiger partial charge in [0.1, 0.15) is 11.5 Å². The predicted octanol–water partition coefficient (Wildman–Crippen LogP) is 3.35. The molecule has 0 heterocycles. The molecule has 0 spiro atoms. The van der Waals surface area contributed by atoms with Crippen LogP contribution in [0, 0.1) is 0 Å². The Morgan fingerprint density at radius 3 is 2.47 bits per heavy atom. The van der Waals surface area contributed by atoms with Crippen LogP contribution in [0.4, 0.5) is 0 Å². The van der Waals surface area contributed by atoms with Crippen LogP contribution in [0.5, 0.6) is 11.5 Å². The summed E-state index contributed by atoms with van der Waals surface area (Å²) in [5.41, 5.74) is 1.08. The number of esters is 1. The molecule has 0 aliphatic heterocycles. The Bertz CT molecular complexity index is 402. The highest BCUT2D eigenvalue weighted by molar-refractivity contribution is 5.84. The molecule has 1 aromatic rings. The Morgan fingerprint density at radius 1 is 1.24 bits per heavy atom. The fraction of sp³-hybridized carbons (Fsp3) is 0.357. The molecule has 0 aliphatic rings. The zero-order valence-corrected chi connectivity index (χ0v) is 10.5. The van der Waals surface area contributed by atoms with E-state index < -0.39 is 0 Å². The van der Waals surface area contributed by atoms with E-state index in [0.29, 0.717) is 11.5 Å². The number of rotatable bonds is 5. The van der Waals surface area contributed by atoms with Crippen molar-refractivity contribution in [2.24, 2.45) is 0 Å². The molecule has 0 atom stereocenters. The van der Waals surface area contributed by atoms with Crippen molar-refractivity contribution in [2.75, 3.05) is 7.11 Å². The number of carbonyl (C=O) groups excluding carboxylic acids is 1. The quantitative estimate of drug-likeness (QED) is 0.445. The van der Waals surface area contributed by atoms with E-state index in [9.17, 15) is 4.79 Å². The summed E-state index contributed by atoms with van der Waals surface area (Å²) in [4.78, 5) is 11.6. The molecule has 0 saturated heterocycles. The van der Waals surface area contributed by atoms with Gasteiger partial charge in [-0.2, -0.15) is 0 Å². The molecular formula is C14H18O3. The molecule has 0 radical (unpaired) electrons. The van der Waals surface area contributed by atoms with Crippen LogP contribution in [-0.4, -0.2) is 13.1 Å². The van der Waals surface area contributed by atoms with Gasteiger partial charge >= 0.3 is 5.97 Å². The van der Waals surface area contributed by atoms with Crippen molar-refractivity contribution in [1.82, 2.24) is 0 Å². The molecular weight excluding hydrogens is 216 g/mol. The maximum atomic E-state index is 11.6. The van der Waals surface area contributed by atoms with Crippen LogP contribution in [0.2, 0.25) is 0 Å². The van der Waals surface area contributed by atoms with Crippen LogP contribution in [-0.2, 0) is 4.79 Å². The molecule has 0 unspecified atom stereocenters. The van der Waals surface area contributed by atoms with Gasteiger partial charge in [-0.3, -0.25) is 0 Å². The number of carbonyl (C=O) groups is 1. The van der Waals surface area contributed by atoms with Gasteiger partial charge in [-0.25, -0.2) is 4.79 Å². The molecule has 0 saturated carbocycles. The van der Waals surface area contributed by atoms with E-state index in [2.05, 4.69) is 0 Å². The normalized spacial score (nSPS) is 9.59. The van der Waals surface area contributed by atoms with Crippen molar-refractivity contribution in [3.63, 3.8) is 0 Å². The second kappa shape index (κ2) is 6.74. The smallest absolute Gasteiger partial charge is 0.336 e. The first-order valence-electron chi connectivity index (χ1n) is 5.74. The minimum Gasteiger partial charge on any atom is -0.497 e. The van der Waals surface area contributed by atoms with Gasteiger partial charge < -0.3 is 9.47 Å². The summed E-state index contributed by atoms with van der Waals surface area (Å²) in [7, 11) is 1.58. The van der Waals surface area contributed by atoms with Crippen molar-refractivity contribution < 1.29 is 14.3 Å². The van der Waals surface area contributed by atoms with Gasteiger partial charge in [0.25, 0.3) is 0 Å². The van der Waals surface area contributed by atoms with Crippen molar-refractivity contribution in [3.05, 3.63) is 35.9 Å². The summed E-state index contributed by atoms with van der Waals surface area (Å²) < 4.78 is 10.2. The lowest BCUT2D eigenvalue weighted by Crippen LogP contribution is -2.05. The molecule has 0 aliphatic carbocycles. The number of hydrogen-bond donors (Lipinski definition) is 0. The number of hydrogen-bond acceptors (Lipinski definition) is 3. The topological polar surface area (TPSA) is 35.5 Å². The summed E-state index contributed by atoms with van der Waals surface area (Å²) in [5.74, 6) is 0.833. The zero-order valence-electron chi connectivity index (χ0n) is 10.5. The van der Waals surface area contributed by atoms with Crippen LogP contribution >= 0.6 is 0 Å². The lowest BCUT2D eigenvalue weighted by molar-refractivity contribution is -0.129. The molecule has 1 aromatic carbocycles. The Balaban J connectivity index is 2.70. The summed E-state index contributed by atoms with van der Waals surface area (Å²) in [6, 6.07) is 7.00. The van der Waals surface area contributed by atoms with Crippen LogP contribution in [0.3, 0.4) is 0 Å². The van der Waals surface area contributed by atoms with Gasteiger partial charge in [0.2, 0.25) is 0 Å². The third kappa shape index (κ3) is 4.31. The molecule has 0 amide bonds. The predicted molar refractivity (Wildman–Crippen MR) is 67.3 cm³/mol. The maximum Gasteiger partial charge on any atom is 0.336 e. The second-order valence-corrected chi connectivity index (χ2v) is 3.61. The lowest BCUT2D eigenvalue weighted by Gasteiger charge is -2.05. The zero-order chi connectivity index (χ0) is 12.7. The van der Waals surface area contributed by atoms with Gasteiger partial charge in [-0.05, 0) is 25.0 Å². The third-order valence-electron chi connectivity index (χ3n) is 2.49. The summed E-state index contributed by atoms with van der Waals surface area (Å²) in [6.07, 6.45) is 3.28. The standard InChI is InChI=1S/C14H18O3/c1-4-11(5-2)9-14(15)17-13-8-6-7-12(10-13)16-3/h6-10H,4-5H2,1-3H3. The highest BCUT2D eigenvalue weighted by Crippen LogP contribution is 2.19. The Hall–Kier alpha value is -1.77. The molecule has 3 heteroatoms. The van der Waals surface area contributed by atoms with E-state index in [1.807, 2.05) is 13.8 Å². The summed E-state index contributed by atoms with van der Waals surface area (Å²) >= 11 is 0. The number of ether oxygens (including phenoxy) is 2. The molecule has 92 valence electrons. The molecule has 17 heavy (non-hydrogen) atoms. The minimum absolute atomic E-state index is 0.336. The fourth-order valence-electron chi connectivity index (χ4n) is 1.43. The van der Waals surface area contributed by atoms with Crippen molar-refractivity contribution in [3.8, 4) is 11.5 Å². The molecule has 0 fully saturated rings. The number of benzene rings is 1. The second-order valence-electron chi connectivity index (χ2n) is 3.61. The average Bonchev–Trinajstić information content (AvgIpc) is 2.36. The van der Waals surface area contributed by atoms with Crippen molar-refractivity contribution in [1.29, 1.82) is 0 Å². The van der Waals surface area contributed by atoms with E-state index in [0.717, 1.165) is 18.4 Å². The highest BCUT2D eigenvalue weighted by Gasteiger charge is 2.03. The van der Waals surface area contributed by atoms with Gasteiger partial charge in [0.15, 0.2) is 0 Å². The van der Waals surface area contributed by atoms with E-state index >= 15 is 0 Å². The fourth-order valence-corrected chi connectivity index (χ4v) is 1.43. The van der Waals surface area contributed by atoms with Crippen LogP contribution in [0.1, 0.15) is 26.7 Å². The van der Waals surface area contributed by atoms with Crippen molar-refractivity contribution in [2.45, 2.75) is 26.7 Å². The molecule has 3 nitrogen and oxygen atoms in total. The number of allylic oxidation sites excluding steroid dienone is 1. The van der Waals surface area contributed by atoms with Gasteiger partial charge in [-0.15, -0.1) is 0 Å². The lowest BCUT2D eigenvalue weighted by atomic mass is 10.1. The first kappa shape index (κ1) is 13.3. The van der Waals surface area contributed by atoms with Gasteiger partial charge in [0, 0.05) is 12.1 Å². The van der Waals surface area contributed by atoms with Crippen molar-refractivity contribution >= 4 is 5.97 Å². The maximum absolute atomic E-state index is 11.6. The highest BCUT2D eigenvalue weighted by atomic mass is 16.5. The minimum atomic E-state index is -0.336. The SMILES string of the molecule is CCC(=CC(=O)Oc1cccc(OC)c1)CC. The van der Waals surface area contributed by atoms with E-state index in [1.165, 1.54) is 0 Å². The van der Waals surface area contributed by atoms with Crippen LogP contribution in [0.15, 0.2) is 35.9 Å². The Labute approximate surface area is 102 Å². The first-order chi connectivity index (χ1) is 8.19. The van der Waals surface area contributed by atoms with E-state index in [-0.39, 0.29) is 5.97 Å². The molecule has 1 rings (SSSR count). The van der Waals surface area contributed by atoms with Gasteiger partial charge in [-0.1, -0.05) is 25.5 Å². The van der Waals surface area contributed by atoms with E-state index in [4.69, 9.17) is 9.47 Å². The van der Waals surface area contributed by atoms with E-state index in [1.54, 1.807) is 37.5 Å². The summed E-state index contributed by atoms with van der Waals surface area (Å²) in [5, 5.41) is 0.